The first kappa shape index (κ1) is 23.8. The Morgan fingerprint density at radius 3 is 2.38 bits per heavy atom. The van der Waals surface area contributed by atoms with Gasteiger partial charge in [-0.05, 0) is 56.9 Å². The highest BCUT2D eigenvalue weighted by Crippen LogP contribution is 2.30. The van der Waals surface area contributed by atoms with Crippen LogP contribution in [0, 0.1) is 29.3 Å². The number of ether oxygens (including phenoxy) is 1. The van der Waals surface area contributed by atoms with Gasteiger partial charge in [-0.1, -0.05) is 13.8 Å². The van der Waals surface area contributed by atoms with Gasteiger partial charge in [-0.15, -0.1) is 5.10 Å². The highest BCUT2D eigenvalue weighted by molar-refractivity contribution is 5.78. The Labute approximate surface area is 195 Å². The normalized spacial score (nSPS) is 21.1. The third kappa shape index (κ3) is 4.67. The second-order valence-electron chi connectivity index (χ2n) is 9.86. The van der Waals surface area contributed by atoms with Crippen molar-refractivity contribution < 1.29 is 22.7 Å². The summed E-state index contributed by atoms with van der Waals surface area (Å²) in [6.45, 7) is 10.6. The molecule has 1 saturated heterocycles. The van der Waals surface area contributed by atoms with E-state index >= 15 is 0 Å². The van der Waals surface area contributed by atoms with Crippen molar-refractivity contribution in [3.8, 4) is 11.1 Å². The predicted octanol–water partition coefficient (Wildman–Crippen LogP) is 5.12. The van der Waals surface area contributed by atoms with Crippen molar-refractivity contribution in [2.75, 3.05) is 18.4 Å². The first-order valence-corrected chi connectivity index (χ1v) is 11.2. The van der Waals surface area contributed by atoms with Crippen LogP contribution in [0.5, 0.6) is 0 Å². The number of benzene rings is 1. The van der Waals surface area contributed by atoms with Gasteiger partial charge in [-0.2, -0.15) is 4.98 Å². The van der Waals surface area contributed by atoms with Gasteiger partial charge in [0.05, 0.1) is 0 Å². The van der Waals surface area contributed by atoms with Crippen molar-refractivity contribution in [3.63, 3.8) is 0 Å². The summed E-state index contributed by atoms with van der Waals surface area (Å²) >= 11 is 0. The standard InChI is InChI=1S/C24H28F3N5O2/c1-13-11-31(23(33)34-24(3,4)5)12-14(2)20(13)28-22-29-21-16(7-6-10-32(21)30-22)15-8-9-17(25)19(27)18(15)26/h6-10,13-14,20H,11-12H2,1-5H3,(H,28,30). The fourth-order valence-corrected chi connectivity index (χ4v) is 4.38. The fourth-order valence-electron chi connectivity index (χ4n) is 4.38. The number of likely N-dealkylation sites (tertiary alicyclic amines) is 1. The molecule has 0 aliphatic carbocycles. The number of halogens is 3. The molecular weight excluding hydrogens is 447 g/mol. The Balaban J connectivity index is 1.56. The fraction of sp³-hybridized carbons (Fsp3) is 0.458. The SMILES string of the molecule is CC1CN(C(=O)OC(C)(C)C)CC(C)C1Nc1nc2c(-c3ccc(F)c(F)c3F)cccn2n1. The Kier molecular flexibility index (Phi) is 6.18. The molecular formula is C24H28F3N5O2. The second-order valence-corrected chi connectivity index (χ2v) is 9.86. The molecule has 3 aromatic rings. The lowest BCUT2D eigenvalue weighted by molar-refractivity contribution is 0.0103. The molecule has 1 N–H and O–H groups in total. The van der Waals surface area contributed by atoms with Gasteiger partial charge >= 0.3 is 6.09 Å². The molecule has 0 radical (unpaired) electrons. The summed E-state index contributed by atoms with van der Waals surface area (Å²) in [6.07, 6.45) is 1.31. The summed E-state index contributed by atoms with van der Waals surface area (Å²) in [7, 11) is 0. The van der Waals surface area contributed by atoms with Crippen molar-refractivity contribution in [3.05, 3.63) is 47.9 Å². The minimum atomic E-state index is -1.53. The number of hydrogen-bond donors (Lipinski definition) is 1. The molecule has 1 aromatic carbocycles. The maximum atomic E-state index is 14.4. The third-order valence-electron chi connectivity index (χ3n) is 5.88. The van der Waals surface area contributed by atoms with E-state index in [2.05, 4.69) is 15.4 Å². The maximum absolute atomic E-state index is 14.4. The molecule has 7 nitrogen and oxygen atoms in total. The number of rotatable bonds is 3. The quantitative estimate of drug-likeness (QED) is 0.533. The Morgan fingerprint density at radius 2 is 1.74 bits per heavy atom. The zero-order valence-corrected chi connectivity index (χ0v) is 19.8. The van der Waals surface area contributed by atoms with Crippen LogP contribution in [0.4, 0.5) is 23.9 Å². The van der Waals surface area contributed by atoms with Gasteiger partial charge in [-0.25, -0.2) is 22.5 Å². The van der Waals surface area contributed by atoms with Crippen molar-refractivity contribution in [2.24, 2.45) is 11.8 Å². The summed E-state index contributed by atoms with van der Waals surface area (Å²) in [5, 5.41) is 7.77. The molecule has 0 saturated carbocycles. The Hall–Kier alpha value is -3.30. The van der Waals surface area contributed by atoms with Crippen LogP contribution in [0.1, 0.15) is 34.6 Å². The molecule has 182 valence electrons. The molecule has 1 amide bonds. The van der Waals surface area contributed by atoms with E-state index < -0.39 is 23.1 Å². The number of pyridine rings is 1. The average molecular weight is 476 g/mol. The van der Waals surface area contributed by atoms with Crippen LogP contribution in [0.2, 0.25) is 0 Å². The van der Waals surface area contributed by atoms with Crippen molar-refractivity contribution >= 4 is 17.7 Å². The lowest BCUT2D eigenvalue weighted by Gasteiger charge is -2.41. The lowest BCUT2D eigenvalue weighted by atomic mass is 9.86. The van der Waals surface area contributed by atoms with Crippen molar-refractivity contribution in [1.82, 2.24) is 19.5 Å². The number of aromatic nitrogens is 3. The van der Waals surface area contributed by atoms with Crippen LogP contribution < -0.4 is 5.32 Å². The number of carbonyl (C=O) groups is 1. The van der Waals surface area contributed by atoms with Gasteiger partial charge in [0.15, 0.2) is 23.1 Å². The number of nitrogens with zero attached hydrogens (tertiary/aromatic N) is 4. The number of piperidine rings is 1. The molecule has 10 heteroatoms. The zero-order valence-electron chi connectivity index (χ0n) is 19.8. The van der Waals surface area contributed by atoms with Crippen molar-refractivity contribution in [2.45, 2.75) is 46.3 Å². The predicted molar refractivity (Wildman–Crippen MR) is 122 cm³/mol. The molecule has 2 aromatic heterocycles. The summed E-state index contributed by atoms with van der Waals surface area (Å²) in [5.41, 5.74) is -0.0680. The minimum Gasteiger partial charge on any atom is -0.444 e. The van der Waals surface area contributed by atoms with Gasteiger partial charge in [0, 0.05) is 36.5 Å². The minimum absolute atomic E-state index is 0.0282. The summed E-state index contributed by atoms with van der Waals surface area (Å²) in [4.78, 5) is 18.7. The van der Waals surface area contributed by atoms with E-state index in [1.54, 1.807) is 23.2 Å². The third-order valence-corrected chi connectivity index (χ3v) is 5.88. The van der Waals surface area contributed by atoms with Gasteiger partial charge in [0.2, 0.25) is 5.95 Å². The Morgan fingerprint density at radius 1 is 1.06 bits per heavy atom. The van der Waals surface area contributed by atoms with Crippen LogP contribution in [0.15, 0.2) is 30.5 Å². The van der Waals surface area contributed by atoms with E-state index in [0.717, 1.165) is 6.07 Å². The van der Waals surface area contributed by atoms with Gasteiger partial charge in [-0.3, -0.25) is 0 Å². The molecule has 0 bridgehead atoms. The summed E-state index contributed by atoms with van der Waals surface area (Å²) in [6, 6.07) is 5.25. The summed E-state index contributed by atoms with van der Waals surface area (Å²) < 4.78 is 48.6. The number of anilines is 1. The lowest BCUT2D eigenvalue weighted by Crippen LogP contribution is -2.53. The molecule has 1 aliphatic heterocycles. The first-order valence-electron chi connectivity index (χ1n) is 11.2. The van der Waals surface area contributed by atoms with Crippen molar-refractivity contribution in [1.29, 1.82) is 0 Å². The smallest absolute Gasteiger partial charge is 0.410 e. The second kappa shape index (κ2) is 8.81. The van der Waals surface area contributed by atoms with Crippen LogP contribution in [-0.2, 0) is 4.74 Å². The first-order chi connectivity index (χ1) is 15.9. The van der Waals surface area contributed by atoms with E-state index in [9.17, 15) is 18.0 Å². The van der Waals surface area contributed by atoms with Crippen LogP contribution in [0.3, 0.4) is 0 Å². The van der Waals surface area contributed by atoms with E-state index in [-0.39, 0.29) is 29.5 Å². The number of carbonyl (C=O) groups excluding carboxylic acids is 1. The van der Waals surface area contributed by atoms with Gasteiger partial charge < -0.3 is 15.0 Å². The van der Waals surface area contributed by atoms with E-state index in [4.69, 9.17) is 4.74 Å². The molecule has 0 spiro atoms. The highest BCUT2D eigenvalue weighted by Gasteiger charge is 2.36. The van der Waals surface area contributed by atoms with Crippen LogP contribution in [-0.4, -0.2) is 50.3 Å². The summed E-state index contributed by atoms with van der Waals surface area (Å²) in [5.74, 6) is -3.58. The number of hydrogen-bond acceptors (Lipinski definition) is 5. The largest absolute Gasteiger partial charge is 0.444 e. The zero-order chi connectivity index (χ0) is 24.8. The molecule has 34 heavy (non-hydrogen) atoms. The van der Waals surface area contributed by atoms with Gasteiger partial charge in [0.1, 0.15) is 5.60 Å². The van der Waals surface area contributed by atoms with E-state index in [1.807, 2.05) is 34.6 Å². The van der Waals surface area contributed by atoms with E-state index in [1.165, 1.54) is 10.6 Å². The van der Waals surface area contributed by atoms with Gasteiger partial charge in [0.25, 0.3) is 0 Å². The maximum Gasteiger partial charge on any atom is 0.410 e. The topological polar surface area (TPSA) is 71.8 Å². The monoisotopic (exact) mass is 475 g/mol. The number of amides is 1. The molecule has 1 fully saturated rings. The Bertz CT molecular complexity index is 1210. The van der Waals surface area contributed by atoms with Crippen LogP contribution >= 0.6 is 0 Å². The molecule has 3 heterocycles. The molecule has 2 unspecified atom stereocenters. The van der Waals surface area contributed by atoms with Crippen LogP contribution in [0.25, 0.3) is 16.8 Å². The molecule has 4 rings (SSSR count). The molecule has 1 aliphatic rings. The highest BCUT2D eigenvalue weighted by atomic mass is 19.2. The number of nitrogens with one attached hydrogen (secondary N) is 1. The van der Waals surface area contributed by atoms with E-state index in [0.29, 0.717) is 30.2 Å². The number of fused-ring (bicyclic) bond motifs is 1. The molecule has 2 atom stereocenters. The average Bonchev–Trinajstić information content (AvgIpc) is 3.16.